The van der Waals surface area contributed by atoms with Crippen molar-refractivity contribution in [2.75, 3.05) is 31.5 Å². The van der Waals surface area contributed by atoms with E-state index in [1.807, 2.05) is 0 Å². The van der Waals surface area contributed by atoms with Gasteiger partial charge in [0.25, 0.3) is 0 Å². The van der Waals surface area contributed by atoms with Crippen molar-refractivity contribution in [3.63, 3.8) is 0 Å². The lowest BCUT2D eigenvalue weighted by Gasteiger charge is -2.25. The van der Waals surface area contributed by atoms with Crippen LogP contribution in [0.5, 0.6) is 0 Å². The van der Waals surface area contributed by atoms with Crippen LogP contribution in [0.4, 0.5) is 5.13 Å². The first-order valence-corrected chi connectivity index (χ1v) is 9.82. The van der Waals surface area contributed by atoms with Gasteiger partial charge >= 0.3 is 0 Å². The summed E-state index contributed by atoms with van der Waals surface area (Å²) in [5, 5.41) is 9.32. The minimum Gasteiger partial charge on any atom is -0.317 e. The maximum absolute atomic E-state index is 12.5. The number of nitrogens with one attached hydrogen (secondary N) is 2. The first-order chi connectivity index (χ1) is 11.3. The van der Waals surface area contributed by atoms with E-state index >= 15 is 0 Å². The molecule has 0 radical (unpaired) electrons. The van der Waals surface area contributed by atoms with Crippen LogP contribution in [-0.2, 0) is 11.3 Å². The number of hydrogen-bond acceptors (Lipinski definition) is 5. The van der Waals surface area contributed by atoms with Gasteiger partial charge in [0.1, 0.15) is 0 Å². The smallest absolute Gasteiger partial charge is 0.229 e. The Balaban J connectivity index is 1.30. The Kier molecular flexibility index (Phi) is 4.39. The molecular formula is C17H26N4OS. The van der Waals surface area contributed by atoms with Crippen LogP contribution in [0.2, 0.25) is 0 Å². The topological polar surface area (TPSA) is 57.3 Å². The average molecular weight is 334 g/mol. The number of hydrogen-bond donors (Lipinski definition) is 2. The fourth-order valence-electron chi connectivity index (χ4n) is 4.17. The van der Waals surface area contributed by atoms with Gasteiger partial charge in [0.2, 0.25) is 5.91 Å². The molecule has 2 aliphatic heterocycles. The van der Waals surface area contributed by atoms with Crippen molar-refractivity contribution in [3.8, 4) is 0 Å². The molecule has 0 aromatic carbocycles. The molecule has 1 spiro atoms. The minimum atomic E-state index is 0.186. The lowest BCUT2D eigenvalue weighted by atomic mass is 9.92. The summed E-state index contributed by atoms with van der Waals surface area (Å²) in [5.74, 6) is 0.393. The van der Waals surface area contributed by atoms with E-state index in [1.54, 1.807) is 11.3 Å². The third-order valence-corrected chi connectivity index (χ3v) is 6.53. The number of likely N-dealkylation sites (tertiary alicyclic amines) is 1. The van der Waals surface area contributed by atoms with E-state index in [-0.39, 0.29) is 11.8 Å². The molecule has 1 aromatic rings. The fraction of sp³-hybridized carbons (Fsp3) is 0.765. The molecule has 6 heteroatoms. The number of rotatable bonds is 4. The van der Waals surface area contributed by atoms with Gasteiger partial charge in [-0.15, -0.1) is 11.3 Å². The molecule has 23 heavy (non-hydrogen) atoms. The number of aromatic nitrogens is 1. The van der Waals surface area contributed by atoms with Crippen molar-refractivity contribution in [3.05, 3.63) is 11.1 Å². The molecule has 2 N–H and O–H groups in total. The maximum atomic E-state index is 12.5. The van der Waals surface area contributed by atoms with Gasteiger partial charge in [-0.3, -0.25) is 9.69 Å². The van der Waals surface area contributed by atoms with Crippen LogP contribution in [0.15, 0.2) is 5.38 Å². The van der Waals surface area contributed by atoms with E-state index in [9.17, 15) is 4.79 Å². The Morgan fingerprint density at radius 1 is 1.35 bits per heavy atom. The SMILES string of the molecule is O=C(Nc1nc(CN2CCCCC2)cs1)C1CC12CCNCC2. The zero-order valence-electron chi connectivity index (χ0n) is 13.6. The molecule has 126 valence electrons. The van der Waals surface area contributed by atoms with Crippen LogP contribution in [0.1, 0.15) is 44.2 Å². The molecule has 4 rings (SSSR count). The van der Waals surface area contributed by atoms with Crippen molar-refractivity contribution in [1.29, 1.82) is 0 Å². The van der Waals surface area contributed by atoms with Crippen molar-refractivity contribution in [2.24, 2.45) is 11.3 Å². The molecule has 1 atom stereocenters. The number of anilines is 1. The molecule has 1 saturated carbocycles. The second-order valence-electron chi connectivity index (χ2n) is 7.34. The number of nitrogens with zero attached hydrogens (tertiary/aromatic N) is 2. The van der Waals surface area contributed by atoms with Crippen LogP contribution >= 0.6 is 11.3 Å². The molecule has 3 aliphatic rings. The Morgan fingerprint density at radius 2 is 2.13 bits per heavy atom. The van der Waals surface area contributed by atoms with Gasteiger partial charge in [-0.05, 0) is 63.7 Å². The summed E-state index contributed by atoms with van der Waals surface area (Å²) in [6.45, 7) is 5.39. The molecular weight excluding hydrogens is 308 g/mol. The first-order valence-electron chi connectivity index (χ1n) is 8.94. The van der Waals surface area contributed by atoms with Gasteiger partial charge in [0, 0.05) is 17.8 Å². The Bertz CT molecular complexity index is 561. The van der Waals surface area contributed by atoms with E-state index < -0.39 is 0 Å². The molecule has 1 aliphatic carbocycles. The third kappa shape index (κ3) is 3.44. The Morgan fingerprint density at radius 3 is 2.91 bits per heavy atom. The Labute approximate surface area is 141 Å². The largest absolute Gasteiger partial charge is 0.317 e. The first kappa shape index (κ1) is 15.5. The van der Waals surface area contributed by atoms with Crippen LogP contribution in [0, 0.1) is 11.3 Å². The van der Waals surface area contributed by atoms with Gasteiger partial charge in [-0.1, -0.05) is 6.42 Å². The van der Waals surface area contributed by atoms with Crippen LogP contribution in [0.25, 0.3) is 0 Å². The van der Waals surface area contributed by atoms with Crippen molar-refractivity contribution in [1.82, 2.24) is 15.2 Å². The second kappa shape index (κ2) is 6.49. The highest BCUT2D eigenvalue weighted by molar-refractivity contribution is 7.13. The lowest BCUT2D eigenvalue weighted by Crippen LogP contribution is -2.31. The van der Waals surface area contributed by atoms with Crippen LogP contribution < -0.4 is 10.6 Å². The van der Waals surface area contributed by atoms with Gasteiger partial charge in [-0.25, -0.2) is 4.98 Å². The zero-order chi connectivity index (χ0) is 15.7. The minimum absolute atomic E-state index is 0.186. The summed E-state index contributed by atoms with van der Waals surface area (Å²) >= 11 is 1.56. The monoisotopic (exact) mass is 334 g/mol. The quantitative estimate of drug-likeness (QED) is 0.888. The summed E-state index contributed by atoms with van der Waals surface area (Å²) in [4.78, 5) is 19.6. The number of thiazole rings is 1. The molecule has 1 amide bonds. The highest BCUT2D eigenvalue weighted by Gasteiger charge is 2.57. The van der Waals surface area contributed by atoms with Crippen molar-refractivity contribution >= 4 is 22.4 Å². The van der Waals surface area contributed by atoms with E-state index in [2.05, 4.69) is 25.9 Å². The van der Waals surface area contributed by atoms with E-state index in [0.29, 0.717) is 5.41 Å². The van der Waals surface area contributed by atoms with E-state index in [0.717, 1.165) is 49.7 Å². The highest BCUT2D eigenvalue weighted by atomic mass is 32.1. The van der Waals surface area contributed by atoms with Gasteiger partial charge in [0.05, 0.1) is 5.69 Å². The van der Waals surface area contributed by atoms with Crippen LogP contribution in [-0.4, -0.2) is 42.0 Å². The van der Waals surface area contributed by atoms with Gasteiger partial charge in [0.15, 0.2) is 5.13 Å². The van der Waals surface area contributed by atoms with Crippen molar-refractivity contribution < 1.29 is 4.79 Å². The number of carbonyl (C=O) groups excluding carboxylic acids is 1. The average Bonchev–Trinajstić information content (AvgIpc) is 3.08. The summed E-state index contributed by atoms with van der Waals surface area (Å²) in [5.41, 5.74) is 1.39. The Hall–Kier alpha value is -0.980. The second-order valence-corrected chi connectivity index (χ2v) is 8.20. The van der Waals surface area contributed by atoms with E-state index in [4.69, 9.17) is 0 Å². The molecule has 2 saturated heterocycles. The number of amides is 1. The number of carbonyl (C=O) groups is 1. The standard InChI is InChI=1S/C17H26N4OS/c22-15(14-10-17(14)4-6-18-7-5-17)20-16-19-13(12-23-16)11-21-8-2-1-3-9-21/h12,14,18H,1-11H2,(H,19,20,22). The predicted molar refractivity (Wildman–Crippen MR) is 92.5 cm³/mol. The third-order valence-electron chi connectivity index (χ3n) is 5.72. The summed E-state index contributed by atoms with van der Waals surface area (Å²) in [6, 6.07) is 0. The molecule has 5 nitrogen and oxygen atoms in total. The molecule has 3 fully saturated rings. The highest BCUT2D eigenvalue weighted by Crippen LogP contribution is 2.58. The predicted octanol–water partition coefficient (Wildman–Crippen LogP) is 2.46. The summed E-state index contributed by atoms with van der Waals surface area (Å²) in [6.07, 6.45) is 7.30. The van der Waals surface area contributed by atoms with Crippen molar-refractivity contribution in [2.45, 2.75) is 45.1 Å². The summed E-state index contributed by atoms with van der Waals surface area (Å²) < 4.78 is 0. The fourth-order valence-corrected chi connectivity index (χ4v) is 4.88. The maximum Gasteiger partial charge on any atom is 0.229 e. The zero-order valence-corrected chi connectivity index (χ0v) is 14.5. The van der Waals surface area contributed by atoms with Gasteiger partial charge < -0.3 is 10.6 Å². The van der Waals surface area contributed by atoms with Crippen LogP contribution in [0.3, 0.4) is 0 Å². The molecule has 0 bridgehead atoms. The van der Waals surface area contributed by atoms with Gasteiger partial charge in [-0.2, -0.15) is 0 Å². The van der Waals surface area contributed by atoms with E-state index in [1.165, 1.54) is 32.4 Å². The molecule has 3 heterocycles. The lowest BCUT2D eigenvalue weighted by molar-refractivity contribution is -0.118. The normalized spacial score (nSPS) is 27.0. The molecule has 1 aromatic heterocycles. The molecule has 1 unspecified atom stereocenters. The summed E-state index contributed by atoms with van der Waals surface area (Å²) in [7, 11) is 0. The number of piperidine rings is 2.